The molecular weight excluding hydrogens is 330 g/mol. The summed E-state index contributed by atoms with van der Waals surface area (Å²) >= 11 is 6.01. The zero-order valence-corrected chi connectivity index (χ0v) is 14.2. The van der Waals surface area contributed by atoms with Crippen LogP contribution >= 0.6 is 11.6 Å². The first-order chi connectivity index (χ1) is 11.7. The van der Waals surface area contributed by atoms with E-state index in [4.69, 9.17) is 16.3 Å². The molecule has 8 heteroatoms. The van der Waals surface area contributed by atoms with E-state index in [0.29, 0.717) is 23.9 Å². The summed E-state index contributed by atoms with van der Waals surface area (Å²) in [5, 5.41) is 11.4. The summed E-state index contributed by atoms with van der Waals surface area (Å²) in [6, 6.07) is 5.58. The Morgan fingerprint density at radius 2 is 2.38 bits per heavy atom. The number of hydrogen-bond acceptors (Lipinski definition) is 4. The van der Waals surface area contributed by atoms with Gasteiger partial charge in [0.05, 0.1) is 24.4 Å². The molecule has 0 unspecified atom stereocenters. The van der Waals surface area contributed by atoms with Crippen LogP contribution in [0.25, 0.3) is 0 Å². The van der Waals surface area contributed by atoms with E-state index in [1.54, 1.807) is 19.4 Å². The van der Waals surface area contributed by atoms with Crippen molar-refractivity contribution in [1.82, 2.24) is 25.2 Å². The highest BCUT2D eigenvalue weighted by Crippen LogP contribution is 2.25. The van der Waals surface area contributed by atoms with Crippen molar-refractivity contribution in [2.24, 2.45) is 0 Å². The molecule has 2 heterocycles. The lowest BCUT2D eigenvalue weighted by atomic mass is 10.1. The van der Waals surface area contributed by atoms with Crippen molar-refractivity contribution >= 4 is 17.6 Å². The van der Waals surface area contributed by atoms with Crippen LogP contribution in [-0.2, 0) is 6.54 Å². The summed E-state index contributed by atoms with van der Waals surface area (Å²) < 4.78 is 7.02. The smallest absolute Gasteiger partial charge is 0.317 e. The summed E-state index contributed by atoms with van der Waals surface area (Å²) in [5.74, 6) is 0.604. The first kappa shape index (κ1) is 16.6. The van der Waals surface area contributed by atoms with Gasteiger partial charge in [-0.3, -0.25) is 0 Å². The van der Waals surface area contributed by atoms with Gasteiger partial charge in [0.2, 0.25) is 0 Å². The van der Waals surface area contributed by atoms with Gasteiger partial charge in [0, 0.05) is 25.8 Å². The topological polar surface area (TPSA) is 72.3 Å². The maximum atomic E-state index is 12.4. The van der Waals surface area contributed by atoms with Crippen molar-refractivity contribution in [3.05, 3.63) is 41.2 Å². The molecule has 1 atom stereocenters. The van der Waals surface area contributed by atoms with Crippen LogP contribution < -0.4 is 10.1 Å². The number of aromatic nitrogens is 3. The van der Waals surface area contributed by atoms with Gasteiger partial charge in [0.25, 0.3) is 0 Å². The van der Waals surface area contributed by atoms with Gasteiger partial charge in [-0.05, 0) is 30.5 Å². The second kappa shape index (κ2) is 7.53. The zero-order valence-electron chi connectivity index (χ0n) is 13.5. The van der Waals surface area contributed by atoms with Crippen molar-refractivity contribution < 1.29 is 9.53 Å². The van der Waals surface area contributed by atoms with Gasteiger partial charge in [0.15, 0.2) is 0 Å². The van der Waals surface area contributed by atoms with Crippen LogP contribution in [0.3, 0.4) is 0 Å². The largest absolute Gasteiger partial charge is 0.495 e. The van der Waals surface area contributed by atoms with Crippen molar-refractivity contribution in [2.75, 3.05) is 20.2 Å². The highest BCUT2D eigenvalue weighted by Gasteiger charge is 2.25. The van der Waals surface area contributed by atoms with Crippen molar-refractivity contribution in [1.29, 1.82) is 0 Å². The molecule has 2 amide bonds. The number of piperidine rings is 1. The third kappa shape index (κ3) is 3.79. The Kier molecular flexibility index (Phi) is 5.20. The lowest BCUT2D eigenvalue weighted by Gasteiger charge is -2.32. The Labute approximate surface area is 145 Å². The van der Waals surface area contributed by atoms with Crippen LogP contribution in [0.4, 0.5) is 4.79 Å². The number of rotatable bonds is 4. The van der Waals surface area contributed by atoms with Crippen molar-refractivity contribution in [3.63, 3.8) is 0 Å². The number of urea groups is 1. The summed E-state index contributed by atoms with van der Waals surface area (Å²) in [6.07, 6.45) is 5.45. The first-order valence-electron chi connectivity index (χ1n) is 7.88. The van der Waals surface area contributed by atoms with E-state index in [1.807, 2.05) is 27.9 Å². The fourth-order valence-corrected chi connectivity index (χ4v) is 3.07. The monoisotopic (exact) mass is 349 g/mol. The normalized spacial score (nSPS) is 17.6. The number of nitrogens with one attached hydrogen (secondary N) is 1. The quantitative estimate of drug-likeness (QED) is 0.920. The fraction of sp³-hybridized carbons (Fsp3) is 0.438. The number of carbonyl (C=O) groups is 1. The summed E-state index contributed by atoms with van der Waals surface area (Å²) in [5.41, 5.74) is 0.939. The van der Waals surface area contributed by atoms with E-state index in [1.165, 1.54) is 0 Å². The van der Waals surface area contributed by atoms with Crippen LogP contribution in [0.5, 0.6) is 5.75 Å². The van der Waals surface area contributed by atoms with E-state index in [0.717, 1.165) is 24.9 Å². The molecule has 1 fully saturated rings. The molecule has 1 aromatic heterocycles. The molecule has 0 aliphatic carbocycles. The van der Waals surface area contributed by atoms with Gasteiger partial charge in [0.1, 0.15) is 5.75 Å². The maximum absolute atomic E-state index is 12.4. The number of halogens is 1. The third-order valence-electron chi connectivity index (χ3n) is 4.16. The first-order valence-corrected chi connectivity index (χ1v) is 8.26. The molecule has 7 nitrogen and oxygen atoms in total. The number of carbonyl (C=O) groups excluding carboxylic acids is 1. The Balaban J connectivity index is 1.56. The molecule has 1 aromatic carbocycles. The van der Waals surface area contributed by atoms with Gasteiger partial charge in [-0.2, -0.15) is 0 Å². The lowest BCUT2D eigenvalue weighted by Crippen LogP contribution is -2.45. The second-order valence-electron chi connectivity index (χ2n) is 5.75. The minimum atomic E-state index is -0.0752. The molecular formula is C16H20ClN5O2. The second-order valence-corrected chi connectivity index (χ2v) is 6.16. The Bertz CT molecular complexity index is 692. The fourth-order valence-electron chi connectivity index (χ4n) is 2.87. The molecule has 0 radical (unpaired) electrons. The van der Waals surface area contributed by atoms with Gasteiger partial charge in [-0.1, -0.05) is 22.9 Å². The highest BCUT2D eigenvalue weighted by atomic mass is 35.5. The maximum Gasteiger partial charge on any atom is 0.317 e. The van der Waals surface area contributed by atoms with E-state index in [9.17, 15) is 4.79 Å². The molecule has 1 saturated heterocycles. The number of likely N-dealkylation sites (tertiary alicyclic amines) is 1. The van der Waals surface area contributed by atoms with Gasteiger partial charge >= 0.3 is 6.03 Å². The van der Waals surface area contributed by atoms with Crippen LogP contribution in [-0.4, -0.2) is 46.1 Å². The van der Waals surface area contributed by atoms with Crippen molar-refractivity contribution in [3.8, 4) is 5.75 Å². The molecule has 2 aromatic rings. The van der Waals surface area contributed by atoms with E-state index in [2.05, 4.69) is 15.6 Å². The van der Waals surface area contributed by atoms with Crippen molar-refractivity contribution in [2.45, 2.75) is 25.4 Å². The molecule has 3 rings (SSSR count). The average molecular weight is 350 g/mol. The summed E-state index contributed by atoms with van der Waals surface area (Å²) in [7, 11) is 1.57. The third-order valence-corrected chi connectivity index (χ3v) is 4.47. The molecule has 0 bridgehead atoms. The number of nitrogens with zero attached hydrogens (tertiary/aromatic N) is 4. The Hall–Kier alpha value is -2.28. The van der Waals surface area contributed by atoms with Crippen LogP contribution in [0, 0.1) is 0 Å². The molecule has 24 heavy (non-hydrogen) atoms. The number of methoxy groups -OCH3 is 1. The van der Waals surface area contributed by atoms with Gasteiger partial charge < -0.3 is 15.0 Å². The minimum absolute atomic E-state index is 0.0752. The predicted molar refractivity (Wildman–Crippen MR) is 90.1 cm³/mol. The molecule has 128 valence electrons. The van der Waals surface area contributed by atoms with Crippen LogP contribution in [0.2, 0.25) is 5.02 Å². The number of ether oxygens (including phenoxy) is 1. The van der Waals surface area contributed by atoms with Gasteiger partial charge in [-0.15, -0.1) is 5.10 Å². The molecule has 0 spiro atoms. The van der Waals surface area contributed by atoms with Crippen LogP contribution in [0.15, 0.2) is 30.6 Å². The van der Waals surface area contributed by atoms with E-state index >= 15 is 0 Å². The molecule has 1 aliphatic rings. The molecule has 0 saturated carbocycles. The number of amides is 2. The Morgan fingerprint density at radius 1 is 1.50 bits per heavy atom. The SMILES string of the molecule is COc1cc(CNC(=O)N2CCC[C@H](n3ccnn3)C2)ccc1Cl. The number of benzene rings is 1. The van der Waals surface area contributed by atoms with E-state index < -0.39 is 0 Å². The summed E-state index contributed by atoms with van der Waals surface area (Å²) in [4.78, 5) is 14.2. The van der Waals surface area contributed by atoms with Gasteiger partial charge in [-0.25, -0.2) is 9.48 Å². The minimum Gasteiger partial charge on any atom is -0.495 e. The lowest BCUT2D eigenvalue weighted by molar-refractivity contribution is 0.162. The highest BCUT2D eigenvalue weighted by molar-refractivity contribution is 6.32. The summed E-state index contributed by atoms with van der Waals surface area (Å²) in [6.45, 7) is 1.82. The standard InChI is InChI=1S/C16H20ClN5O2/c1-24-15-9-12(4-5-14(15)17)10-18-16(23)21-7-2-3-13(11-21)22-8-6-19-20-22/h4-6,8-9,13H,2-3,7,10-11H2,1H3,(H,18,23)/t13-/m0/s1. The molecule has 1 N–H and O–H groups in total. The number of hydrogen-bond donors (Lipinski definition) is 1. The Morgan fingerprint density at radius 3 is 3.12 bits per heavy atom. The molecule has 1 aliphatic heterocycles. The zero-order chi connectivity index (χ0) is 16.9. The van der Waals surface area contributed by atoms with Crippen LogP contribution in [0.1, 0.15) is 24.4 Å². The average Bonchev–Trinajstić information content (AvgIpc) is 3.15. The predicted octanol–water partition coefficient (Wildman–Crippen LogP) is 2.49. The van der Waals surface area contributed by atoms with E-state index in [-0.39, 0.29) is 12.1 Å².